The Balaban J connectivity index is 1.96. The van der Waals surface area contributed by atoms with E-state index in [2.05, 4.69) is 5.10 Å². The lowest BCUT2D eigenvalue weighted by molar-refractivity contribution is -0.137. The van der Waals surface area contributed by atoms with E-state index in [1.165, 1.54) is 12.1 Å². The van der Waals surface area contributed by atoms with Gasteiger partial charge in [0.05, 0.1) is 11.8 Å². The van der Waals surface area contributed by atoms with Crippen molar-refractivity contribution in [3.05, 3.63) is 53.3 Å². The van der Waals surface area contributed by atoms with Gasteiger partial charge in [0.25, 0.3) is 0 Å². The van der Waals surface area contributed by atoms with Crippen LogP contribution in [-0.2, 0) is 26.3 Å². The highest BCUT2D eigenvalue weighted by Gasteiger charge is 2.29. The maximum absolute atomic E-state index is 12.5. The fourth-order valence-electron chi connectivity index (χ4n) is 2.03. The summed E-state index contributed by atoms with van der Waals surface area (Å²) in [6.07, 6.45) is -0.577. The predicted molar refractivity (Wildman–Crippen MR) is 69.8 cm³/mol. The molecule has 1 aromatic carbocycles. The fourth-order valence-corrected chi connectivity index (χ4v) is 2.03. The second kappa shape index (κ2) is 5.66. The van der Waals surface area contributed by atoms with Crippen molar-refractivity contribution in [2.45, 2.75) is 19.3 Å². The minimum atomic E-state index is -4.28. The van der Waals surface area contributed by atoms with E-state index in [0.717, 1.165) is 23.3 Å². The van der Waals surface area contributed by atoms with Gasteiger partial charge in [-0.05, 0) is 24.7 Å². The van der Waals surface area contributed by atoms with Gasteiger partial charge in [-0.15, -0.1) is 0 Å². The van der Waals surface area contributed by atoms with Crippen LogP contribution in [0.5, 0.6) is 0 Å². The maximum Gasteiger partial charge on any atom is 0.416 e. The standard InChI is InChI=1S/C14H16F3N3/c1-19(9-12-7-18-20(2)10-12)8-11-3-5-13(6-4-11)14(15,16)17/h3-7,10H,8-9H2,1-2H3. The molecule has 3 nitrogen and oxygen atoms in total. The van der Waals surface area contributed by atoms with Crippen molar-refractivity contribution in [3.8, 4) is 0 Å². The predicted octanol–water partition coefficient (Wildman–Crippen LogP) is 3.07. The average Bonchev–Trinajstić information content (AvgIpc) is 2.74. The van der Waals surface area contributed by atoms with Crippen LogP contribution in [-0.4, -0.2) is 21.7 Å². The Morgan fingerprint density at radius 1 is 1.10 bits per heavy atom. The molecule has 2 rings (SSSR count). The first-order chi connectivity index (χ1) is 9.34. The number of hydrogen-bond donors (Lipinski definition) is 0. The molecule has 0 spiro atoms. The van der Waals surface area contributed by atoms with Crippen molar-refractivity contribution in [3.63, 3.8) is 0 Å². The molecule has 0 saturated heterocycles. The lowest BCUT2D eigenvalue weighted by atomic mass is 10.1. The molecule has 0 saturated carbocycles. The molecule has 0 bridgehead atoms. The number of rotatable bonds is 4. The zero-order valence-corrected chi connectivity index (χ0v) is 11.4. The van der Waals surface area contributed by atoms with Crippen LogP contribution in [0.4, 0.5) is 13.2 Å². The van der Waals surface area contributed by atoms with Gasteiger partial charge in [-0.2, -0.15) is 18.3 Å². The van der Waals surface area contributed by atoms with Gasteiger partial charge in [-0.3, -0.25) is 9.58 Å². The minimum absolute atomic E-state index is 0.590. The Morgan fingerprint density at radius 2 is 1.70 bits per heavy atom. The number of aromatic nitrogens is 2. The lowest BCUT2D eigenvalue weighted by Crippen LogP contribution is -2.17. The van der Waals surface area contributed by atoms with Gasteiger partial charge in [0.2, 0.25) is 0 Å². The minimum Gasteiger partial charge on any atom is -0.298 e. The molecule has 0 aliphatic carbocycles. The van der Waals surface area contributed by atoms with Crippen LogP contribution in [0.1, 0.15) is 16.7 Å². The topological polar surface area (TPSA) is 21.1 Å². The molecule has 1 heterocycles. The Hall–Kier alpha value is -1.82. The van der Waals surface area contributed by atoms with Crippen LogP contribution in [0.2, 0.25) is 0 Å². The third kappa shape index (κ3) is 3.84. The number of aryl methyl sites for hydroxylation is 1. The van der Waals surface area contributed by atoms with Crippen molar-refractivity contribution in [1.82, 2.24) is 14.7 Å². The summed E-state index contributed by atoms with van der Waals surface area (Å²) in [5.74, 6) is 0. The molecular weight excluding hydrogens is 267 g/mol. The Bertz CT molecular complexity index is 558. The smallest absolute Gasteiger partial charge is 0.298 e. The summed E-state index contributed by atoms with van der Waals surface area (Å²) in [5, 5.41) is 4.08. The molecule has 108 valence electrons. The molecule has 0 atom stereocenters. The molecule has 2 aromatic rings. The van der Waals surface area contributed by atoms with Crippen LogP contribution >= 0.6 is 0 Å². The van der Waals surface area contributed by atoms with Gasteiger partial charge in [0, 0.05) is 31.9 Å². The van der Waals surface area contributed by atoms with Crippen molar-refractivity contribution in [2.75, 3.05) is 7.05 Å². The van der Waals surface area contributed by atoms with Gasteiger partial charge < -0.3 is 0 Å². The van der Waals surface area contributed by atoms with Gasteiger partial charge >= 0.3 is 6.18 Å². The van der Waals surface area contributed by atoms with E-state index in [9.17, 15) is 13.2 Å². The second-order valence-electron chi connectivity index (χ2n) is 4.89. The molecule has 0 unspecified atom stereocenters. The van der Waals surface area contributed by atoms with Gasteiger partial charge in [0.15, 0.2) is 0 Å². The summed E-state index contributed by atoms with van der Waals surface area (Å²) < 4.78 is 39.1. The summed E-state index contributed by atoms with van der Waals surface area (Å²) >= 11 is 0. The average molecular weight is 283 g/mol. The Labute approximate surface area is 115 Å². The normalized spacial score (nSPS) is 12.1. The first-order valence-corrected chi connectivity index (χ1v) is 6.17. The fraction of sp³-hybridized carbons (Fsp3) is 0.357. The van der Waals surface area contributed by atoms with Crippen LogP contribution in [0.3, 0.4) is 0 Å². The molecule has 0 aliphatic rings. The van der Waals surface area contributed by atoms with Gasteiger partial charge in [-0.1, -0.05) is 12.1 Å². The number of benzene rings is 1. The van der Waals surface area contributed by atoms with E-state index in [1.807, 2.05) is 25.2 Å². The second-order valence-corrected chi connectivity index (χ2v) is 4.89. The Morgan fingerprint density at radius 3 is 2.20 bits per heavy atom. The van der Waals surface area contributed by atoms with Crippen molar-refractivity contribution in [2.24, 2.45) is 7.05 Å². The number of nitrogens with zero attached hydrogens (tertiary/aromatic N) is 3. The van der Waals surface area contributed by atoms with Crippen LogP contribution < -0.4 is 0 Å². The summed E-state index contributed by atoms with van der Waals surface area (Å²) in [6.45, 7) is 1.29. The molecule has 6 heteroatoms. The maximum atomic E-state index is 12.5. The highest BCUT2D eigenvalue weighted by molar-refractivity contribution is 5.24. The molecule has 0 radical (unpaired) electrons. The zero-order chi connectivity index (χ0) is 14.8. The van der Waals surface area contributed by atoms with Crippen molar-refractivity contribution < 1.29 is 13.2 Å². The highest BCUT2D eigenvalue weighted by atomic mass is 19.4. The van der Waals surface area contributed by atoms with Crippen molar-refractivity contribution in [1.29, 1.82) is 0 Å². The van der Waals surface area contributed by atoms with E-state index in [4.69, 9.17) is 0 Å². The van der Waals surface area contributed by atoms with Crippen LogP contribution in [0.15, 0.2) is 36.7 Å². The quantitative estimate of drug-likeness (QED) is 0.860. The molecule has 0 aliphatic heterocycles. The molecule has 0 fully saturated rings. The van der Waals surface area contributed by atoms with Crippen molar-refractivity contribution >= 4 is 0 Å². The first kappa shape index (κ1) is 14.6. The highest BCUT2D eigenvalue weighted by Crippen LogP contribution is 2.29. The monoisotopic (exact) mass is 283 g/mol. The van der Waals surface area contributed by atoms with E-state index >= 15 is 0 Å². The summed E-state index contributed by atoms with van der Waals surface area (Å²) in [6, 6.07) is 5.27. The third-order valence-electron chi connectivity index (χ3n) is 2.94. The molecule has 1 aromatic heterocycles. The largest absolute Gasteiger partial charge is 0.416 e. The molecule has 0 amide bonds. The van der Waals surface area contributed by atoms with Gasteiger partial charge in [0.1, 0.15) is 0 Å². The number of hydrogen-bond acceptors (Lipinski definition) is 2. The molecular formula is C14H16F3N3. The van der Waals surface area contributed by atoms with E-state index < -0.39 is 11.7 Å². The van der Waals surface area contributed by atoms with E-state index in [0.29, 0.717) is 13.1 Å². The summed E-state index contributed by atoms with van der Waals surface area (Å²) in [7, 11) is 3.77. The summed E-state index contributed by atoms with van der Waals surface area (Å²) in [5.41, 5.74) is 1.31. The zero-order valence-electron chi connectivity index (χ0n) is 11.4. The van der Waals surface area contributed by atoms with E-state index in [-0.39, 0.29) is 0 Å². The van der Waals surface area contributed by atoms with E-state index in [1.54, 1.807) is 10.9 Å². The van der Waals surface area contributed by atoms with Crippen LogP contribution in [0, 0.1) is 0 Å². The molecule has 0 N–H and O–H groups in total. The SMILES string of the molecule is CN(Cc1ccc(C(F)(F)F)cc1)Cc1cnn(C)c1. The van der Waals surface area contributed by atoms with Gasteiger partial charge in [-0.25, -0.2) is 0 Å². The Kier molecular flexibility index (Phi) is 4.13. The number of alkyl halides is 3. The third-order valence-corrected chi connectivity index (χ3v) is 2.94. The number of halogens is 3. The van der Waals surface area contributed by atoms with Crippen LogP contribution in [0.25, 0.3) is 0 Å². The molecule has 20 heavy (non-hydrogen) atoms. The summed E-state index contributed by atoms with van der Waals surface area (Å²) in [4.78, 5) is 2.03. The lowest BCUT2D eigenvalue weighted by Gasteiger charge is -2.16. The first-order valence-electron chi connectivity index (χ1n) is 6.17.